The Hall–Kier alpha value is -3.25. The second kappa shape index (κ2) is 9.09. The SMILES string of the molecule is O=C(CCN(Cc1cccc2ccccc12)C1CC1)NCCc1nc2ccc(F)cc2[nH]1. The van der Waals surface area contributed by atoms with Gasteiger partial charge in [0.2, 0.25) is 5.91 Å². The lowest BCUT2D eigenvalue weighted by Gasteiger charge is -2.22. The van der Waals surface area contributed by atoms with Crippen molar-refractivity contribution in [3.05, 3.63) is 77.9 Å². The largest absolute Gasteiger partial charge is 0.356 e. The van der Waals surface area contributed by atoms with Gasteiger partial charge in [0.1, 0.15) is 11.6 Å². The van der Waals surface area contributed by atoms with Crippen LogP contribution in [0.15, 0.2) is 60.7 Å². The molecule has 4 aromatic rings. The zero-order chi connectivity index (χ0) is 21.9. The Balaban J connectivity index is 1.13. The van der Waals surface area contributed by atoms with E-state index < -0.39 is 0 Å². The molecule has 1 aliphatic rings. The van der Waals surface area contributed by atoms with E-state index in [0.29, 0.717) is 30.9 Å². The Morgan fingerprint density at radius 3 is 2.84 bits per heavy atom. The summed E-state index contributed by atoms with van der Waals surface area (Å²) in [6.07, 6.45) is 3.48. The van der Waals surface area contributed by atoms with E-state index in [4.69, 9.17) is 0 Å². The van der Waals surface area contributed by atoms with Gasteiger partial charge in [0.05, 0.1) is 11.0 Å². The van der Waals surface area contributed by atoms with Crippen LogP contribution in [0.4, 0.5) is 4.39 Å². The molecule has 1 aromatic heterocycles. The fourth-order valence-electron chi connectivity index (χ4n) is 4.29. The maximum absolute atomic E-state index is 13.3. The Kier molecular flexibility index (Phi) is 5.86. The zero-order valence-corrected chi connectivity index (χ0v) is 18.0. The van der Waals surface area contributed by atoms with E-state index in [9.17, 15) is 9.18 Å². The van der Waals surface area contributed by atoms with Gasteiger partial charge in [-0.3, -0.25) is 9.69 Å². The van der Waals surface area contributed by atoms with E-state index in [2.05, 4.69) is 62.6 Å². The van der Waals surface area contributed by atoms with E-state index in [1.807, 2.05) is 0 Å². The topological polar surface area (TPSA) is 61.0 Å². The van der Waals surface area contributed by atoms with Crippen LogP contribution in [-0.4, -0.2) is 39.9 Å². The van der Waals surface area contributed by atoms with Crippen molar-refractivity contribution >= 4 is 27.7 Å². The van der Waals surface area contributed by atoms with Gasteiger partial charge in [0.15, 0.2) is 0 Å². The van der Waals surface area contributed by atoms with Crippen LogP contribution < -0.4 is 5.32 Å². The second-order valence-electron chi connectivity index (χ2n) is 8.53. The summed E-state index contributed by atoms with van der Waals surface area (Å²) in [6, 6.07) is 20.0. The Labute approximate surface area is 186 Å². The molecule has 1 amide bonds. The number of carbonyl (C=O) groups is 1. The van der Waals surface area contributed by atoms with E-state index >= 15 is 0 Å². The number of hydrogen-bond donors (Lipinski definition) is 2. The van der Waals surface area contributed by atoms with E-state index in [1.54, 1.807) is 6.07 Å². The lowest BCUT2D eigenvalue weighted by Crippen LogP contribution is -2.33. The highest BCUT2D eigenvalue weighted by atomic mass is 19.1. The summed E-state index contributed by atoms with van der Waals surface area (Å²) in [4.78, 5) is 22.4. The molecule has 0 aliphatic heterocycles. The molecule has 0 bridgehead atoms. The Bertz CT molecular complexity index is 1240. The van der Waals surface area contributed by atoms with Crippen LogP contribution in [0.5, 0.6) is 0 Å². The molecule has 0 atom stereocenters. The normalized spacial score (nSPS) is 13.8. The van der Waals surface area contributed by atoms with Crippen molar-refractivity contribution in [3.8, 4) is 0 Å². The molecule has 0 spiro atoms. The minimum atomic E-state index is -0.287. The van der Waals surface area contributed by atoms with Crippen molar-refractivity contribution in [2.24, 2.45) is 0 Å². The zero-order valence-electron chi connectivity index (χ0n) is 18.0. The third-order valence-electron chi connectivity index (χ3n) is 6.12. The highest BCUT2D eigenvalue weighted by Crippen LogP contribution is 2.30. The summed E-state index contributed by atoms with van der Waals surface area (Å²) in [5.74, 6) is 0.516. The molecule has 5 rings (SSSR count). The average molecular weight is 431 g/mol. The third kappa shape index (κ3) is 4.81. The van der Waals surface area contributed by atoms with Crippen LogP contribution in [0, 0.1) is 5.82 Å². The first-order valence-electron chi connectivity index (χ1n) is 11.3. The van der Waals surface area contributed by atoms with Crippen LogP contribution in [0.25, 0.3) is 21.8 Å². The minimum absolute atomic E-state index is 0.0516. The first-order valence-corrected chi connectivity index (χ1v) is 11.3. The number of imidazole rings is 1. The number of nitrogens with zero attached hydrogens (tertiary/aromatic N) is 2. The molecular formula is C26H27FN4O. The van der Waals surface area contributed by atoms with Crippen LogP contribution in [0.3, 0.4) is 0 Å². The fraction of sp³-hybridized carbons (Fsp3) is 0.308. The van der Waals surface area contributed by atoms with Crippen molar-refractivity contribution < 1.29 is 9.18 Å². The lowest BCUT2D eigenvalue weighted by atomic mass is 10.0. The number of rotatable bonds is 9. The minimum Gasteiger partial charge on any atom is -0.356 e. The number of halogens is 1. The van der Waals surface area contributed by atoms with Crippen LogP contribution in [0.2, 0.25) is 0 Å². The molecular weight excluding hydrogens is 403 g/mol. The number of aromatic nitrogens is 2. The third-order valence-corrected chi connectivity index (χ3v) is 6.12. The molecule has 1 aliphatic carbocycles. The molecule has 164 valence electrons. The van der Waals surface area contributed by atoms with Gasteiger partial charge in [-0.2, -0.15) is 0 Å². The molecule has 0 saturated heterocycles. The second-order valence-corrected chi connectivity index (χ2v) is 8.53. The van der Waals surface area contributed by atoms with Crippen LogP contribution in [-0.2, 0) is 17.8 Å². The molecule has 0 radical (unpaired) electrons. The van der Waals surface area contributed by atoms with E-state index in [1.165, 1.54) is 41.3 Å². The van der Waals surface area contributed by atoms with Gasteiger partial charge in [-0.1, -0.05) is 42.5 Å². The first kappa shape index (κ1) is 20.6. The van der Waals surface area contributed by atoms with Crippen LogP contribution >= 0.6 is 0 Å². The van der Waals surface area contributed by atoms with Gasteiger partial charge in [-0.25, -0.2) is 9.37 Å². The number of hydrogen-bond acceptors (Lipinski definition) is 3. The summed E-state index contributed by atoms with van der Waals surface area (Å²) in [6.45, 7) is 2.13. The number of fused-ring (bicyclic) bond motifs is 2. The monoisotopic (exact) mass is 430 g/mol. The fourth-order valence-corrected chi connectivity index (χ4v) is 4.29. The Morgan fingerprint density at radius 1 is 1.12 bits per heavy atom. The molecule has 0 unspecified atom stereocenters. The highest BCUT2D eigenvalue weighted by molar-refractivity contribution is 5.85. The van der Waals surface area contributed by atoms with E-state index in [0.717, 1.165) is 24.4 Å². The molecule has 1 saturated carbocycles. The average Bonchev–Trinajstić information content (AvgIpc) is 3.56. The van der Waals surface area contributed by atoms with Crippen molar-refractivity contribution in [1.82, 2.24) is 20.2 Å². The summed E-state index contributed by atoms with van der Waals surface area (Å²) < 4.78 is 13.3. The number of H-pyrrole nitrogens is 1. The molecule has 5 nitrogen and oxygen atoms in total. The van der Waals surface area contributed by atoms with Crippen molar-refractivity contribution in [2.45, 2.75) is 38.3 Å². The van der Waals surface area contributed by atoms with Crippen molar-refractivity contribution in [1.29, 1.82) is 0 Å². The highest BCUT2D eigenvalue weighted by Gasteiger charge is 2.29. The van der Waals surface area contributed by atoms with Gasteiger partial charge in [0.25, 0.3) is 0 Å². The molecule has 3 aromatic carbocycles. The van der Waals surface area contributed by atoms with Gasteiger partial charge in [0, 0.05) is 38.5 Å². The molecule has 1 fully saturated rings. The molecule has 2 N–H and O–H groups in total. The number of carbonyl (C=O) groups excluding carboxylic acids is 1. The van der Waals surface area contributed by atoms with Gasteiger partial charge < -0.3 is 10.3 Å². The molecule has 6 heteroatoms. The lowest BCUT2D eigenvalue weighted by molar-refractivity contribution is -0.121. The summed E-state index contributed by atoms with van der Waals surface area (Å²) in [5.41, 5.74) is 2.73. The summed E-state index contributed by atoms with van der Waals surface area (Å²) >= 11 is 0. The number of nitrogens with one attached hydrogen (secondary N) is 2. The van der Waals surface area contributed by atoms with Crippen molar-refractivity contribution in [2.75, 3.05) is 13.1 Å². The van der Waals surface area contributed by atoms with Crippen LogP contribution in [0.1, 0.15) is 30.7 Å². The number of aromatic amines is 1. The van der Waals surface area contributed by atoms with E-state index in [-0.39, 0.29) is 11.7 Å². The molecule has 32 heavy (non-hydrogen) atoms. The maximum Gasteiger partial charge on any atom is 0.221 e. The number of amides is 1. The predicted octanol–water partition coefficient (Wildman–Crippen LogP) is 4.57. The van der Waals surface area contributed by atoms with Crippen molar-refractivity contribution in [3.63, 3.8) is 0 Å². The summed E-state index contributed by atoms with van der Waals surface area (Å²) in [5, 5.41) is 5.54. The maximum atomic E-state index is 13.3. The van der Waals surface area contributed by atoms with Gasteiger partial charge in [-0.15, -0.1) is 0 Å². The molecule has 1 heterocycles. The standard InChI is InChI=1S/C26H27FN4O/c27-20-8-11-23-24(16-20)30-25(29-23)12-14-28-26(32)13-15-31(21-9-10-21)17-19-6-3-5-18-4-1-2-7-22(18)19/h1-8,11,16,21H,9-10,12-15,17H2,(H,28,32)(H,29,30). The number of benzene rings is 3. The van der Waals surface area contributed by atoms with Gasteiger partial charge in [-0.05, 0) is 47.4 Å². The summed E-state index contributed by atoms with van der Waals surface area (Å²) in [7, 11) is 0. The smallest absolute Gasteiger partial charge is 0.221 e. The first-order chi connectivity index (χ1) is 15.7. The van der Waals surface area contributed by atoms with Gasteiger partial charge >= 0.3 is 0 Å². The predicted molar refractivity (Wildman–Crippen MR) is 125 cm³/mol. The quantitative estimate of drug-likeness (QED) is 0.409. The Morgan fingerprint density at radius 2 is 1.97 bits per heavy atom.